The number of benzene rings is 2. The van der Waals surface area contributed by atoms with Gasteiger partial charge in [-0.3, -0.25) is 0 Å². The summed E-state index contributed by atoms with van der Waals surface area (Å²) >= 11 is 1.26. The molecule has 0 saturated heterocycles. The van der Waals surface area contributed by atoms with Crippen LogP contribution < -0.4 is 0 Å². The second-order valence-corrected chi connectivity index (χ2v) is 5.97. The molecule has 0 fully saturated rings. The molecule has 0 aliphatic carbocycles. The maximum Gasteiger partial charge on any atom is 0.335 e. The maximum atomic E-state index is 10.2. The molecule has 0 bridgehead atoms. The minimum atomic E-state index is -0.879. The molecule has 0 heterocycles. The molecule has 1 atom stereocenters. The summed E-state index contributed by atoms with van der Waals surface area (Å²) in [6.07, 6.45) is 0. The van der Waals surface area contributed by atoms with E-state index in [4.69, 9.17) is 5.11 Å². The van der Waals surface area contributed by atoms with E-state index in [9.17, 15) is 4.79 Å². The van der Waals surface area contributed by atoms with Crippen LogP contribution in [0.5, 0.6) is 0 Å². The molecule has 0 radical (unpaired) electrons. The summed E-state index contributed by atoms with van der Waals surface area (Å²) in [7, 11) is 0. The molecule has 2 nitrogen and oxygen atoms in total. The van der Waals surface area contributed by atoms with Crippen LogP contribution in [0.1, 0.15) is 26.0 Å². The largest absolute Gasteiger partial charge is 0.478 e. The van der Waals surface area contributed by atoms with Crippen LogP contribution in [0, 0.1) is 0 Å². The first-order valence-corrected chi connectivity index (χ1v) is 7.10. The van der Waals surface area contributed by atoms with Crippen molar-refractivity contribution in [3.05, 3.63) is 71.8 Å². The molecule has 0 saturated carbocycles. The Balaban J connectivity index is 0.000000180. The molecule has 3 heteroatoms. The Kier molecular flexibility index (Phi) is 6.73. The quantitative estimate of drug-likeness (QED) is 0.830. The van der Waals surface area contributed by atoms with E-state index in [2.05, 4.69) is 37.3 Å². The number of carboxylic acid groups (broad SMARTS) is 1. The van der Waals surface area contributed by atoms with Gasteiger partial charge in [-0.25, -0.2) is 4.79 Å². The van der Waals surface area contributed by atoms with E-state index in [0.29, 0.717) is 5.56 Å². The number of rotatable bonds is 2. The van der Waals surface area contributed by atoms with Crippen molar-refractivity contribution in [2.24, 2.45) is 0 Å². The first kappa shape index (κ1) is 15.0. The van der Waals surface area contributed by atoms with E-state index >= 15 is 0 Å². The van der Waals surface area contributed by atoms with E-state index in [1.807, 2.05) is 0 Å². The Morgan fingerprint density at radius 1 is 1.00 bits per heavy atom. The van der Waals surface area contributed by atoms with Crippen molar-refractivity contribution in [2.45, 2.75) is 10.1 Å². The van der Waals surface area contributed by atoms with Crippen LogP contribution in [0.25, 0.3) is 0 Å². The summed E-state index contributed by atoms with van der Waals surface area (Å²) in [6.45, 7) is 2.27. The van der Waals surface area contributed by atoms with E-state index in [1.54, 1.807) is 30.3 Å². The van der Waals surface area contributed by atoms with Gasteiger partial charge < -0.3 is 5.11 Å². The van der Waals surface area contributed by atoms with Gasteiger partial charge in [-0.15, -0.1) is 0 Å². The van der Waals surface area contributed by atoms with Gasteiger partial charge in [-0.2, -0.15) is 0 Å². The van der Waals surface area contributed by atoms with Gasteiger partial charge >= 0.3 is 79.9 Å². The average molecular weight is 250 g/mol. The fraction of sp³-hybridized carbons (Fsp3) is 0.133. The normalized spacial score (nSPS) is 11.1. The molecular formula is C15H15NaO2. The maximum absolute atomic E-state index is 10.2. The predicted octanol–water partition coefficient (Wildman–Crippen LogP) is 3.30. The van der Waals surface area contributed by atoms with Crippen LogP contribution >= 0.6 is 0 Å². The molecule has 88 valence electrons. The Morgan fingerprint density at radius 3 is 1.72 bits per heavy atom. The molecular weight excluding hydrogens is 235 g/mol. The van der Waals surface area contributed by atoms with Crippen LogP contribution in [-0.4, -0.2) is 39.0 Å². The third kappa shape index (κ3) is 5.50. The van der Waals surface area contributed by atoms with Gasteiger partial charge in [0.15, 0.2) is 0 Å². The van der Waals surface area contributed by atoms with E-state index < -0.39 is 5.97 Å². The van der Waals surface area contributed by atoms with Gasteiger partial charge in [0.2, 0.25) is 0 Å². The molecule has 2 rings (SSSR count). The van der Waals surface area contributed by atoms with Crippen molar-refractivity contribution in [1.82, 2.24) is 0 Å². The summed E-state index contributed by atoms with van der Waals surface area (Å²) in [5.41, 5.74) is 1.81. The Labute approximate surface area is 125 Å². The molecule has 2 aromatic rings. The molecule has 18 heavy (non-hydrogen) atoms. The van der Waals surface area contributed by atoms with Crippen molar-refractivity contribution in [3.8, 4) is 0 Å². The summed E-state index contributed by atoms with van der Waals surface area (Å²) in [4.78, 5) is 10.2. The zero-order valence-corrected chi connectivity index (χ0v) is 12.7. The number of carboxylic acids is 1. The number of hydrogen-bond acceptors (Lipinski definition) is 1. The number of carbonyl (C=O) groups is 1. The summed E-state index contributed by atoms with van der Waals surface area (Å²) in [5.74, 6) is -0.879. The predicted molar refractivity (Wildman–Crippen MR) is 74.0 cm³/mol. The average Bonchev–Trinajstić information content (AvgIpc) is 2.41. The monoisotopic (exact) mass is 250 g/mol. The van der Waals surface area contributed by atoms with E-state index in [-0.39, 0.29) is 0 Å². The van der Waals surface area contributed by atoms with Gasteiger partial charge in [0.25, 0.3) is 0 Å². The Bertz CT molecular complexity index is 466. The molecule has 0 spiro atoms. The van der Waals surface area contributed by atoms with Crippen molar-refractivity contribution in [2.75, 3.05) is 0 Å². The van der Waals surface area contributed by atoms with Gasteiger partial charge in [-0.1, -0.05) is 18.2 Å². The summed E-state index contributed by atoms with van der Waals surface area (Å²) in [5, 5.41) is 8.38. The van der Waals surface area contributed by atoms with E-state index in [1.165, 1.54) is 33.5 Å². The van der Waals surface area contributed by atoms with Crippen LogP contribution in [0.3, 0.4) is 0 Å². The third-order valence-corrected chi connectivity index (χ3v) is 3.15. The van der Waals surface area contributed by atoms with Gasteiger partial charge in [0.05, 0.1) is 5.56 Å². The summed E-state index contributed by atoms with van der Waals surface area (Å²) < 4.78 is 0.797. The fourth-order valence-electron chi connectivity index (χ4n) is 1.42. The molecule has 0 aliphatic rings. The second kappa shape index (κ2) is 8.09. The van der Waals surface area contributed by atoms with Crippen molar-refractivity contribution < 1.29 is 9.90 Å². The van der Waals surface area contributed by atoms with Crippen LogP contribution in [0.2, 0.25) is 0 Å². The molecule has 0 aliphatic heterocycles. The fourth-order valence-corrected chi connectivity index (χ4v) is 1.80. The van der Waals surface area contributed by atoms with Crippen LogP contribution in [0.15, 0.2) is 60.7 Å². The molecule has 0 amide bonds. The molecule has 0 aromatic heterocycles. The Morgan fingerprint density at radius 2 is 1.44 bits per heavy atom. The van der Waals surface area contributed by atoms with Gasteiger partial charge in [0.1, 0.15) is 0 Å². The zero-order valence-electron chi connectivity index (χ0n) is 10.7. The minimum Gasteiger partial charge on any atom is -0.478 e. The minimum absolute atomic E-state index is 0.331. The van der Waals surface area contributed by atoms with Crippen LogP contribution in [-0.2, 0) is 0 Å². The Hall–Kier alpha value is -1.09. The van der Waals surface area contributed by atoms with Crippen LogP contribution in [0.4, 0.5) is 0 Å². The molecule has 2 aromatic carbocycles. The smallest absolute Gasteiger partial charge is 0.335 e. The molecule has 1 N–H and O–H groups in total. The molecule has 1 unspecified atom stereocenters. The zero-order chi connectivity index (χ0) is 13.4. The SMILES string of the molecule is C[CH]([Na])c1ccccc1.O=C(O)c1ccccc1. The summed E-state index contributed by atoms with van der Waals surface area (Å²) in [6, 6.07) is 18.9. The van der Waals surface area contributed by atoms with Crippen molar-refractivity contribution in [1.29, 1.82) is 0 Å². The topological polar surface area (TPSA) is 37.3 Å². The van der Waals surface area contributed by atoms with Gasteiger partial charge in [-0.05, 0) is 12.1 Å². The first-order chi connectivity index (χ1) is 8.61. The first-order valence-electron chi connectivity index (χ1n) is 5.94. The van der Waals surface area contributed by atoms with Crippen molar-refractivity contribution >= 4 is 33.9 Å². The standard InChI is InChI=1S/C8H9.C7H6O2.Na/c1-2-8-6-4-3-5-7-8;8-7(9)6-4-2-1-3-5-6;/h2-7H,1H3;1-5H,(H,8,9);. The number of hydrogen-bond donors (Lipinski definition) is 1. The van der Waals surface area contributed by atoms with E-state index in [0.717, 1.165) is 3.17 Å². The van der Waals surface area contributed by atoms with Crippen molar-refractivity contribution in [3.63, 3.8) is 0 Å². The second-order valence-electron chi connectivity index (χ2n) is 4.24. The number of aromatic carboxylic acids is 1. The van der Waals surface area contributed by atoms with Gasteiger partial charge in [0, 0.05) is 0 Å². The third-order valence-electron chi connectivity index (χ3n) is 2.49.